The summed E-state index contributed by atoms with van der Waals surface area (Å²) in [7, 11) is 0. The first-order chi connectivity index (χ1) is 9.81. The Balaban J connectivity index is 1.87. The molecule has 1 aliphatic rings. The van der Waals surface area contributed by atoms with Gasteiger partial charge in [0.15, 0.2) is 0 Å². The van der Waals surface area contributed by atoms with Crippen LogP contribution in [0, 0.1) is 0 Å². The molecule has 0 nitrogen and oxygen atoms in total. The third-order valence-corrected chi connectivity index (χ3v) is 4.44. The standard InChI is InChI=1S/C19H13Br/c20-17-9-8-14-10-16(11-15(14)12-17)19-7-3-5-13-4-1-2-6-18(13)19/h1-10,12H,11H2. The van der Waals surface area contributed by atoms with E-state index in [-0.39, 0.29) is 0 Å². The number of halogens is 1. The van der Waals surface area contributed by atoms with E-state index >= 15 is 0 Å². The molecule has 0 aliphatic heterocycles. The fourth-order valence-corrected chi connectivity index (χ4v) is 3.40. The number of fused-ring (bicyclic) bond motifs is 2. The molecule has 20 heavy (non-hydrogen) atoms. The Kier molecular flexibility index (Phi) is 2.75. The van der Waals surface area contributed by atoms with Gasteiger partial charge in [-0.05, 0) is 51.6 Å². The van der Waals surface area contributed by atoms with Gasteiger partial charge in [-0.25, -0.2) is 0 Å². The molecule has 4 rings (SSSR count). The number of rotatable bonds is 1. The van der Waals surface area contributed by atoms with Crippen LogP contribution in [0.2, 0.25) is 0 Å². The zero-order chi connectivity index (χ0) is 13.5. The molecule has 96 valence electrons. The highest BCUT2D eigenvalue weighted by atomic mass is 79.9. The first kappa shape index (κ1) is 11.9. The minimum atomic E-state index is 1.02. The minimum absolute atomic E-state index is 1.02. The molecule has 3 aromatic carbocycles. The highest BCUT2D eigenvalue weighted by Crippen LogP contribution is 2.35. The summed E-state index contributed by atoms with van der Waals surface area (Å²) >= 11 is 3.56. The van der Waals surface area contributed by atoms with Crippen molar-refractivity contribution in [2.24, 2.45) is 0 Å². The molecule has 0 saturated carbocycles. The number of hydrogen-bond donors (Lipinski definition) is 0. The summed E-state index contributed by atoms with van der Waals surface area (Å²) in [6.45, 7) is 0. The van der Waals surface area contributed by atoms with Gasteiger partial charge < -0.3 is 0 Å². The van der Waals surface area contributed by atoms with E-state index in [1.165, 1.54) is 33.0 Å². The van der Waals surface area contributed by atoms with E-state index in [0.717, 1.165) is 10.9 Å². The van der Waals surface area contributed by atoms with Gasteiger partial charge in [0, 0.05) is 4.47 Å². The van der Waals surface area contributed by atoms with Crippen molar-refractivity contribution in [2.75, 3.05) is 0 Å². The van der Waals surface area contributed by atoms with Crippen molar-refractivity contribution in [3.05, 3.63) is 81.8 Å². The Bertz CT molecular complexity index is 838. The molecule has 0 unspecified atom stereocenters. The van der Waals surface area contributed by atoms with Crippen molar-refractivity contribution < 1.29 is 0 Å². The molecular weight excluding hydrogens is 308 g/mol. The number of hydrogen-bond acceptors (Lipinski definition) is 0. The molecule has 1 aliphatic carbocycles. The summed E-state index contributed by atoms with van der Waals surface area (Å²) in [5.74, 6) is 0. The van der Waals surface area contributed by atoms with Gasteiger partial charge in [-0.2, -0.15) is 0 Å². The molecule has 0 bridgehead atoms. The third kappa shape index (κ3) is 1.90. The molecule has 0 N–H and O–H groups in total. The topological polar surface area (TPSA) is 0 Å². The van der Waals surface area contributed by atoms with Gasteiger partial charge in [0.05, 0.1) is 0 Å². The largest absolute Gasteiger partial charge is 0.0616 e. The Morgan fingerprint density at radius 1 is 0.850 bits per heavy atom. The monoisotopic (exact) mass is 320 g/mol. The summed E-state index contributed by atoms with van der Waals surface area (Å²) in [6, 6.07) is 21.7. The van der Waals surface area contributed by atoms with E-state index in [2.05, 4.69) is 82.7 Å². The first-order valence-electron chi connectivity index (χ1n) is 6.78. The Morgan fingerprint density at radius 2 is 1.70 bits per heavy atom. The van der Waals surface area contributed by atoms with Crippen LogP contribution >= 0.6 is 15.9 Å². The van der Waals surface area contributed by atoms with Gasteiger partial charge >= 0.3 is 0 Å². The molecule has 0 atom stereocenters. The maximum atomic E-state index is 3.56. The quantitative estimate of drug-likeness (QED) is 0.539. The lowest BCUT2D eigenvalue weighted by Crippen LogP contribution is -1.87. The lowest BCUT2D eigenvalue weighted by atomic mass is 9.97. The highest BCUT2D eigenvalue weighted by molar-refractivity contribution is 9.10. The van der Waals surface area contributed by atoms with Gasteiger partial charge in [0.2, 0.25) is 0 Å². The van der Waals surface area contributed by atoms with Crippen LogP contribution in [0.3, 0.4) is 0 Å². The molecule has 1 heteroatoms. The molecule has 0 radical (unpaired) electrons. The van der Waals surface area contributed by atoms with Crippen molar-refractivity contribution in [3.8, 4) is 0 Å². The average Bonchev–Trinajstić information content (AvgIpc) is 2.89. The first-order valence-corrected chi connectivity index (χ1v) is 7.58. The molecular formula is C19H13Br. The van der Waals surface area contributed by atoms with Gasteiger partial charge in [0.1, 0.15) is 0 Å². The van der Waals surface area contributed by atoms with Gasteiger partial charge in [0.25, 0.3) is 0 Å². The van der Waals surface area contributed by atoms with E-state index in [9.17, 15) is 0 Å². The maximum Gasteiger partial charge on any atom is 0.0178 e. The van der Waals surface area contributed by atoms with Crippen LogP contribution in [0.5, 0.6) is 0 Å². The molecule has 0 fully saturated rings. The van der Waals surface area contributed by atoms with E-state index < -0.39 is 0 Å². The van der Waals surface area contributed by atoms with E-state index in [0.29, 0.717) is 0 Å². The molecule has 0 amide bonds. The smallest absolute Gasteiger partial charge is 0.0178 e. The minimum Gasteiger partial charge on any atom is -0.0616 e. The third-order valence-electron chi connectivity index (χ3n) is 3.95. The van der Waals surface area contributed by atoms with Crippen molar-refractivity contribution in [3.63, 3.8) is 0 Å². The van der Waals surface area contributed by atoms with Crippen LogP contribution in [0.25, 0.3) is 22.4 Å². The van der Waals surface area contributed by atoms with Gasteiger partial charge in [-0.1, -0.05) is 70.5 Å². The molecule has 0 spiro atoms. The van der Waals surface area contributed by atoms with Crippen molar-refractivity contribution in [1.82, 2.24) is 0 Å². The predicted molar refractivity (Wildman–Crippen MR) is 89.7 cm³/mol. The van der Waals surface area contributed by atoms with E-state index in [1.54, 1.807) is 0 Å². The summed E-state index contributed by atoms with van der Waals surface area (Å²) in [5, 5.41) is 2.65. The normalized spacial score (nSPS) is 13.3. The zero-order valence-electron chi connectivity index (χ0n) is 10.9. The fraction of sp³-hybridized carbons (Fsp3) is 0.0526. The van der Waals surface area contributed by atoms with Gasteiger partial charge in [-0.3, -0.25) is 0 Å². The van der Waals surface area contributed by atoms with Crippen LogP contribution in [0.15, 0.2) is 65.1 Å². The molecule has 0 saturated heterocycles. The highest BCUT2D eigenvalue weighted by Gasteiger charge is 2.15. The molecule has 0 aromatic heterocycles. The Labute approximate surface area is 126 Å². The van der Waals surface area contributed by atoms with Crippen LogP contribution in [-0.4, -0.2) is 0 Å². The average molecular weight is 321 g/mol. The SMILES string of the molecule is Brc1ccc2c(c1)CC(c1cccc3ccccc13)=C2. The predicted octanol–water partition coefficient (Wildman–Crippen LogP) is 5.70. The Hall–Kier alpha value is -1.86. The van der Waals surface area contributed by atoms with Crippen molar-refractivity contribution in [2.45, 2.75) is 6.42 Å². The van der Waals surface area contributed by atoms with E-state index in [1.807, 2.05) is 0 Å². The number of benzene rings is 3. The second-order valence-corrected chi connectivity index (χ2v) is 6.13. The van der Waals surface area contributed by atoms with Gasteiger partial charge in [-0.15, -0.1) is 0 Å². The summed E-state index contributed by atoms with van der Waals surface area (Å²) in [4.78, 5) is 0. The Morgan fingerprint density at radius 3 is 2.65 bits per heavy atom. The van der Waals surface area contributed by atoms with Crippen molar-refractivity contribution >= 4 is 38.4 Å². The zero-order valence-corrected chi connectivity index (χ0v) is 12.5. The van der Waals surface area contributed by atoms with Crippen LogP contribution in [0.4, 0.5) is 0 Å². The summed E-state index contributed by atoms with van der Waals surface area (Å²) in [5.41, 5.74) is 5.52. The maximum absolute atomic E-state index is 3.56. The second-order valence-electron chi connectivity index (χ2n) is 5.22. The molecule has 3 aromatic rings. The van der Waals surface area contributed by atoms with Crippen molar-refractivity contribution in [1.29, 1.82) is 0 Å². The lowest BCUT2D eigenvalue weighted by Gasteiger charge is -2.07. The van der Waals surface area contributed by atoms with Crippen LogP contribution in [0.1, 0.15) is 16.7 Å². The number of allylic oxidation sites excluding steroid dienone is 1. The lowest BCUT2D eigenvalue weighted by molar-refractivity contribution is 1.31. The summed E-state index contributed by atoms with van der Waals surface area (Å²) in [6.07, 6.45) is 3.34. The second kappa shape index (κ2) is 4.60. The summed E-state index contributed by atoms with van der Waals surface area (Å²) < 4.78 is 1.16. The molecule has 0 heterocycles. The fourth-order valence-electron chi connectivity index (χ4n) is 2.99. The van der Waals surface area contributed by atoms with Crippen LogP contribution < -0.4 is 0 Å². The van der Waals surface area contributed by atoms with E-state index in [4.69, 9.17) is 0 Å². The van der Waals surface area contributed by atoms with Crippen LogP contribution in [-0.2, 0) is 6.42 Å².